The number of aliphatic carboxylic acids is 1. The number of hydroxylamine groups is 2. The first-order valence-corrected chi connectivity index (χ1v) is 6.08. The summed E-state index contributed by atoms with van der Waals surface area (Å²) in [5.41, 5.74) is 5.26. The zero-order valence-electron chi connectivity index (χ0n) is 10.5. The Kier molecular flexibility index (Phi) is 5.52. The standard InChI is InChI=1S/C11H21N3O4/c1-7(3-5-15)8-2-4-14(18)9(6-8)13-10(12)11(16)17/h7-9,15,18H,2-6H2,1H3,(H2,12,13)(H,16,17)/t7-,8?,9?/m1/s1. The summed E-state index contributed by atoms with van der Waals surface area (Å²) in [6, 6.07) is 0. The fourth-order valence-corrected chi connectivity index (χ4v) is 2.25. The largest absolute Gasteiger partial charge is 0.475 e. The first kappa shape index (κ1) is 14.9. The molecule has 0 amide bonds. The zero-order chi connectivity index (χ0) is 13.7. The maximum absolute atomic E-state index is 10.6. The van der Waals surface area contributed by atoms with Crippen LogP contribution in [0, 0.1) is 11.8 Å². The first-order valence-electron chi connectivity index (χ1n) is 6.08. The molecular formula is C11H21N3O4. The van der Waals surface area contributed by atoms with Crippen molar-refractivity contribution in [2.75, 3.05) is 13.2 Å². The molecule has 0 saturated carbocycles. The van der Waals surface area contributed by atoms with Crippen molar-refractivity contribution in [1.82, 2.24) is 5.06 Å². The Morgan fingerprint density at radius 3 is 2.83 bits per heavy atom. The number of carbonyl (C=O) groups is 1. The lowest BCUT2D eigenvalue weighted by atomic mass is 9.83. The fraction of sp³-hybridized carbons (Fsp3) is 0.818. The molecule has 7 nitrogen and oxygen atoms in total. The molecular weight excluding hydrogens is 238 g/mol. The van der Waals surface area contributed by atoms with Gasteiger partial charge in [-0.2, -0.15) is 5.06 Å². The van der Waals surface area contributed by atoms with Crippen molar-refractivity contribution >= 4 is 11.8 Å². The van der Waals surface area contributed by atoms with Crippen LogP contribution in [0.2, 0.25) is 0 Å². The number of aliphatic hydroxyl groups is 1. The van der Waals surface area contributed by atoms with E-state index in [1.54, 1.807) is 0 Å². The van der Waals surface area contributed by atoms with Gasteiger partial charge in [0.2, 0.25) is 5.84 Å². The van der Waals surface area contributed by atoms with Gasteiger partial charge in [-0.15, -0.1) is 0 Å². The van der Waals surface area contributed by atoms with Gasteiger partial charge in [0.05, 0.1) is 0 Å². The van der Waals surface area contributed by atoms with E-state index in [-0.39, 0.29) is 6.61 Å². The van der Waals surface area contributed by atoms with Crippen LogP contribution in [-0.4, -0.2) is 51.6 Å². The summed E-state index contributed by atoms with van der Waals surface area (Å²) in [7, 11) is 0. The summed E-state index contributed by atoms with van der Waals surface area (Å²) in [6.45, 7) is 2.60. The SMILES string of the molecule is C[C@H](CCO)C1CCN(O)C(/N=C(\N)C(=O)O)C1. The Balaban J connectivity index is 2.67. The van der Waals surface area contributed by atoms with Gasteiger partial charge in [-0.3, -0.25) is 0 Å². The van der Waals surface area contributed by atoms with E-state index in [9.17, 15) is 10.0 Å². The van der Waals surface area contributed by atoms with Gasteiger partial charge < -0.3 is 21.2 Å². The van der Waals surface area contributed by atoms with Crippen molar-refractivity contribution in [1.29, 1.82) is 0 Å². The minimum Gasteiger partial charge on any atom is -0.475 e. The minimum absolute atomic E-state index is 0.131. The van der Waals surface area contributed by atoms with Gasteiger partial charge in [-0.1, -0.05) is 6.92 Å². The number of aliphatic hydroxyl groups excluding tert-OH is 1. The van der Waals surface area contributed by atoms with Gasteiger partial charge in [0.1, 0.15) is 6.17 Å². The van der Waals surface area contributed by atoms with Crippen LogP contribution in [0.3, 0.4) is 0 Å². The molecule has 1 saturated heterocycles. The molecule has 0 bridgehead atoms. The van der Waals surface area contributed by atoms with Crippen molar-refractivity contribution in [3.63, 3.8) is 0 Å². The minimum atomic E-state index is -1.28. The molecule has 1 fully saturated rings. The number of aliphatic imine (C=N–C) groups is 1. The highest BCUT2D eigenvalue weighted by Gasteiger charge is 2.30. The number of rotatable bonds is 4. The second kappa shape index (κ2) is 6.67. The van der Waals surface area contributed by atoms with Gasteiger partial charge >= 0.3 is 5.97 Å². The maximum atomic E-state index is 10.6. The molecule has 0 aromatic heterocycles. The number of hydrogen-bond donors (Lipinski definition) is 4. The Hall–Kier alpha value is -1.18. The Labute approximate surface area is 106 Å². The summed E-state index contributed by atoms with van der Waals surface area (Å²) in [6.07, 6.45) is 1.43. The van der Waals surface area contributed by atoms with E-state index in [0.717, 1.165) is 11.5 Å². The molecule has 0 aromatic rings. The van der Waals surface area contributed by atoms with Gasteiger partial charge in [-0.25, -0.2) is 9.79 Å². The third-order valence-corrected chi connectivity index (χ3v) is 3.48. The van der Waals surface area contributed by atoms with Crippen molar-refractivity contribution < 1.29 is 20.2 Å². The molecule has 0 radical (unpaired) electrons. The predicted octanol–water partition coefficient (Wildman–Crippen LogP) is -0.126. The molecule has 1 rings (SSSR count). The highest BCUT2D eigenvalue weighted by molar-refractivity contribution is 6.33. The number of piperidine rings is 1. The molecule has 104 valence electrons. The summed E-state index contributed by atoms with van der Waals surface area (Å²) in [5.74, 6) is -1.16. The molecule has 2 unspecified atom stereocenters. The molecule has 0 aliphatic carbocycles. The highest BCUT2D eigenvalue weighted by Crippen LogP contribution is 2.30. The van der Waals surface area contributed by atoms with Gasteiger partial charge in [0.15, 0.2) is 0 Å². The van der Waals surface area contributed by atoms with E-state index in [1.807, 2.05) is 6.92 Å². The molecule has 1 aliphatic heterocycles. The highest BCUT2D eigenvalue weighted by atomic mass is 16.5. The molecule has 1 heterocycles. The number of nitrogens with zero attached hydrogens (tertiary/aromatic N) is 2. The second-order valence-electron chi connectivity index (χ2n) is 4.74. The summed E-state index contributed by atoms with van der Waals surface area (Å²) in [4.78, 5) is 14.4. The molecule has 1 aliphatic rings. The number of hydrogen-bond acceptors (Lipinski definition) is 5. The van der Waals surface area contributed by atoms with E-state index in [1.165, 1.54) is 0 Å². The summed E-state index contributed by atoms with van der Waals surface area (Å²) < 4.78 is 0. The van der Waals surface area contributed by atoms with Crippen LogP contribution in [0.1, 0.15) is 26.2 Å². The molecule has 18 heavy (non-hydrogen) atoms. The number of nitrogens with two attached hydrogens (primary N) is 1. The lowest BCUT2D eigenvalue weighted by Crippen LogP contribution is -2.42. The smallest absolute Gasteiger partial charge is 0.371 e. The third kappa shape index (κ3) is 3.94. The third-order valence-electron chi connectivity index (χ3n) is 3.48. The van der Waals surface area contributed by atoms with E-state index in [0.29, 0.717) is 31.2 Å². The van der Waals surface area contributed by atoms with Crippen LogP contribution in [-0.2, 0) is 4.79 Å². The predicted molar refractivity (Wildman–Crippen MR) is 65.1 cm³/mol. The Bertz CT molecular complexity index is 321. The first-order chi connectivity index (χ1) is 8.45. The lowest BCUT2D eigenvalue weighted by molar-refractivity contribution is -0.152. The van der Waals surface area contributed by atoms with Crippen LogP contribution >= 0.6 is 0 Å². The second-order valence-corrected chi connectivity index (χ2v) is 4.74. The molecule has 0 aromatic carbocycles. The average Bonchev–Trinajstić information content (AvgIpc) is 2.31. The van der Waals surface area contributed by atoms with Crippen molar-refractivity contribution in [2.45, 2.75) is 32.4 Å². The van der Waals surface area contributed by atoms with E-state index in [4.69, 9.17) is 15.9 Å². The van der Waals surface area contributed by atoms with Gasteiger partial charge in [-0.05, 0) is 31.1 Å². The monoisotopic (exact) mass is 259 g/mol. The molecule has 5 N–H and O–H groups in total. The van der Waals surface area contributed by atoms with Gasteiger partial charge in [0, 0.05) is 13.2 Å². The average molecular weight is 259 g/mol. The van der Waals surface area contributed by atoms with Crippen LogP contribution in [0.15, 0.2) is 4.99 Å². The summed E-state index contributed by atoms with van der Waals surface area (Å²) >= 11 is 0. The molecule has 0 spiro atoms. The normalized spacial score (nSPS) is 28.1. The topological polar surface area (TPSA) is 119 Å². The van der Waals surface area contributed by atoms with Crippen molar-refractivity contribution in [3.05, 3.63) is 0 Å². The van der Waals surface area contributed by atoms with Crippen molar-refractivity contribution in [3.8, 4) is 0 Å². The van der Waals surface area contributed by atoms with E-state index < -0.39 is 18.0 Å². The van der Waals surface area contributed by atoms with Crippen LogP contribution < -0.4 is 5.73 Å². The van der Waals surface area contributed by atoms with E-state index in [2.05, 4.69) is 4.99 Å². The van der Waals surface area contributed by atoms with Crippen LogP contribution in [0.5, 0.6) is 0 Å². The van der Waals surface area contributed by atoms with Crippen LogP contribution in [0.4, 0.5) is 0 Å². The van der Waals surface area contributed by atoms with Crippen molar-refractivity contribution in [2.24, 2.45) is 22.6 Å². The maximum Gasteiger partial charge on any atom is 0.371 e. The number of carboxylic acid groups (broad SMARTS) is 1. The quantitative estimate of drug-likeness (QED) is 0.412. The Morgan fingerprint density at radius 1 is 1.61 bits per heavy atom. The zero-order valence-corrected chi connectivity index (χ0v) is 10.5. The molecule has 7 heteroatoms. The number of carboxylic acids is 1. The number of amidine groups is 1. The van der Waals surface area contributed by atoms with Crippen LogP contribution in [0.25, 0.3) is 0 Å². The van der Waals surface area contributed by atoms with Gasteiger partial charge in [0.25, 0.3) is 0 Å². The molecule has 3 atom stereocenters. The lowest BCUT2D eigenvalue weighted by Gasteiger charge is -2.35. The summed E-state index contributed by atoms with van der Waals surface area (Å²) in [5, 5.41) is 28.3. The Morgan fingerprint density at radius 2 is 2.28 bits per heavy atom. The van der Waals surface area contributed by atoms with E-state index >= 15 is 0 Å². The fourth-order valence-electron chi connectivity index (χ4n) is 2.25.